The Labute approximate surface area is 187 Å². The Balaban J connectivity index is 1.79. The molecule has 0 radical (unpaired) electrons. The number of esters is 2. The number of nitrogens with zero attached hydrogens (tertiary/aromatic N) is 1. The number of piperidine rings is 1. The van der Waals surface area contributed by atoms with Gasteiger partial charge in [0, 0.05) is 13.1 Å². The molecule has 2 aliphatic rings. The molecule has 174 valence electrons. The highest BCUT2D eigenvalue weighted by Gasteiger charge is 2.28. The topological polar surface area (TPSA) is 131 Å². The molecule has 32 heavy (non-hydrogen) atoms. The lowest BCUT2D eigenvalue weighted by atomic mass is 10.1. The second-order valence-electron chi connectivity index (χ2n) is 7.50. The Hall–Kier alpha value is -2.92. The molecule has 1 saturated heterocycles. The number of sulfonamides is 1. The van der Waals surface area contributed by atoms with Crippen LogP contribution >= 0.6 is 0 Å². The fourth-order valence-corrected chi connectivity index (χ4v) is 5.06. The molecule has 0 atom stereocenters. The van der Waals surface area contributed by atoms with Gasteiger partial charge in [-0.2, -0.15) is 4.31 Å². The van der Waals surface area contributed by atoms with Gasteiger partial charge >= 0.3 is 18.0 Å². The zero-order chi connectivity index (χ0) is 23.3. The largest absolute Gasteiger partial charge is 0.463 e. The van der Waals surface area contributed by atoms with Crippen LogP contribution in [0.2, 0.25) is 0 Å². The van der Waals surface area contributed by atoms with Crippen LogP contribution in [-0.2, 0) is 24.3 Å². The predicted octanol–water partition coefficient (Wildman–Crippen LogP) is 1.46. The standard InChI is InChI=1S/C21H27N3O7S/c1-3-30-20(26)17-12-22-21(27)23-18(17)13-31-19(25)16-11-15(8-7-14(16)2)32(28,29)24-9-5-4-6-10-24/h7-8,11H,3-6,9-10,12-13H2,1-2H3,(H2,22,23,27). The molecule has 0 saturated carbocycles. The van der Waals surface area contributed by atoms with Crippen LogP contribution in [0.4, 0.5) is 4.79 Å². The van der Waals surface area contributed by atoms with E-state index in [4.69, 9.17) is 9.47 Å². The van der Waals surface area contributed by atoms with Gasteiger partial charge in [0.05, 0.1) is 34.9 Å². The number of carbonyl (C=O) groups excluding carboxylic acids is 3. The van der Waals surface area contributed by atoms with E-state index in [9.17, 15) is 22.8 Å². The van der Waals surface area contributed by atoms with Crippen molar-refractivity contribution in [3.63, 3.8) is 0 Å². The average molecular weight is 466 g/mol. The Morgan fingerprint density at radius 3 is 2.50 bits per heavy atom. The van der Waals surface area contributed by atoms with Gasteiger partial charge in [0.2, 0.25) is 10.0 Å². The van der Waals surface area contributed by atoms with E-state index in [1.807, 2.05) is 0 Å². The molecule has 1 fully saturated rings. The molecule has 2 aliphatic heterocycles. The minimum atomic E-state index is -3.71. The Kier molecular flexibility index (Phi) is 7.52. The first-order chi connectivity index (χ1) is 15.2. The lowest BCUT2D eigenvalue weighted by Crippen LogP contribution is -2.45. The molecule has 2 N–H and O–H groups in total. The highest BCUT2D eigenvalue weighted by molar-refractivity contribution is 7.89. The Morgan fingerprint density at radius 1 is 1.09 bits per heavy atom. The van der Waals surface area contributed by atoms with Gasteiger partial charge in [-0.15, -0.1) is 0 Å². The van der Waals surface area contributed by atoms with E-state index in [1.165, 1.54) is 16.4 Å². The average Bonchev–Trinajstić information content (AvgIpc) is 2.78. The number of aryl methyl sites for hydroxylation is 1. The summed E-state index contributed by atoms with van der Waals surface area (Å²) in [6.07, 6.45) is 2.60. The number of carbonyl (C=O) groups is 3. The van der Waals surface area contributed by atoms with Crippen LogP contribution in [0.3, 0.4) is 0 Å². The molecule has 0 aromatic heterocycles. The number of nitrogens with one attached hydrogen (secondary N) is 2. The van der Waals surface area contributed by atoms with Gasteiger partial charge in [0.15, 0.2) is 0 Å². The van der Waals surface area contributed by atoms with E-state index < -0.39 is 28.0 Å². The monoisotopic (exact) mass is 465 g/mol. The van der Waals surface area contributed by atoms with Gasteiger partial charge in [-0.1, -0.05) is 12.5 Å². The highest BCUT2D eigenvalue weighted by Crippen LogP contribution is 2.23. The van der Waals surface area contributed by atoms with Crippen LogP contribution in [0, 0.1) is 6.92 Å². The molecular weight excluding hydrogens is 438 g/mol. The lowest BCUT2D eigenvalue weighted by molar-refractivity contribution is -0.138. The first-order valence-corrected chi connectivity index (χ1v) is 11.9. The van der Waals surface area contributed by atoms with E-state index in [2.05, 4.69) is 10.6 Å². The molecule has 3 rings (SSSR count). The van der Waals surface area contributed by atoms with Crippen LogP contribution in [0.25, 0.3) is 0 Å². The van der Waals surface area contributed by atoms with Crippen LogP contribution in [0.1, 0.15) is 42.1 Å². The van der Waals surface area contributed by atoms with Crippen molar-refractivity contribution in [2.45, 2.75) is 38.0 Å². The van der Waals surface area contributed by atoms with Crippen molar-refractivity contribution in [2.75, 3.05) is 32.8 Å². The summed E-state index contributed by atoms with van der Waals surface area (Å²) < 4.78 is 37.6. The van der Waals surface area contributed by atoms with Gasteiger partial charge in [-0.25, -0.2) is 22.8 Å². The minimum absolute atomic E-state index is 0.0264. The van der Waals surface area contributed by atoms with Crippen molar-refractivity contribution >= 4 is 28.0 Å². The number of amides is 2. The van der Waals surface area contributed by atoms with Gasteiger partial charge in [-0.3, -0.25) is 0 Å². The lowest BCUT2D eigenvalue weighted by Gasteiger charge is -2.26. The summed E-state index contributed by atoms with van der Waals surface area (Å²) in [7, 11) is -3.71. The molecule has 0 unspecified atom stereocenters. The molecule has 2 heterocycles. The third-order valence-electron chi connectivity index (χ3n) is 5.31. The summed E-state index contributed by atoms with van der Waals surface area (Å²) in [5.41, 5.74) is 0.913. The third-order valence-corrected chi connectivity index (χ3v) is 7.20. The maximum absolute atomic E-state index is 13.0. The number of urea groups is 1. The molecule has 0 spiro atoms. The summed E-state index contributed by atoms with van der Waals surface area (Å²) in [5.74, 6) is -1.39. The highest BCUT2D eigenvalue weighted by atomic mass is 32.2. The molecule has 2 amide bonds. The second kappa shape index (κ2) is 10.1. The summed E-state index contributed by atoms with van der Waals surface area (Å²) in [6.45, 7) is 3.96. The molecule has 0 bridgehead atoms. The fraction of sp³-hybridized carbons (Fsp3) is 0.476. The van der Waals surface area contributed by atoms with E-state index in [0.717, 1.165) is 19.3 Å². The maximum Gasteiger partial charge on any atom is 0.338 e. The molecule has 10 nitrogen and oxygen atoms in total. The van der Waals surface area contributed by atoms with Gasteiger partial charge in [-0.05, 0) is 44.4 Å². The first-order valence-electron chi connectivity index (χ1n) is 10.5. The summed E-state index contributed by atoms with van der Waals surface area (Å²) in [5, 5.41) is 4.92. The van der Waals surface area contributed by atoms with Crippen LogP contribution in [0.15, 0.2) is 34.4 Å². The molecule has 1 aromatic rings. The van der Waals surface area contributed by atoms with Gasteiger partial charge in [0.1, 0.15) is 6.61 Å². The number of hydrogen-bond donors (Lipinski definition) is 2. The summed E-state index contributed by atoms with van der Waals surface area (Å²) in [6, 6.07) is 3.81. The smallest absolute Gasteiger partial charge is 0.338 e. The van der Waals surface area contributed by atoms with Gasteiger partial charge < -0.3 is 20.1 Å². The van der Waals surface area contributed by atoms with Crippen LogP contribution < -0.4 is 10.6 Å². The Morgan fingerprint density at radius 2 is 1.81 bits per heavy atom. The SMILES string of the molecule is CCOC(=O)C1=C(COC(=O)c2cc(S(=O)(=O)N3CCCCC3)ccc2C)NC(=O)NC1. The number of rotatable bonds is 7. The number of benzene rings is 1. The van der Waals surface area contributed by atoms with Crippen molar-refractivity contribution in [3.8, 4) is 0 Å². The molecule has 11 heteroatoms. The van der Waals surface area contributed by atoms with Gasteiger partial charge in [0.25, 0.3) is 0 Å². The van der Waals surface area contributed by atoms with Crippen molar-refractivity contribution in [1.29, 1.82) is 0 Å². The second-order valence-corrected chi connectivity index (χ2v) is 9.44. The zero-order valence-corrected chi connectivity index (χ0v) is 18.9. The molecule has 1 aromatic carbocycles. The zero-order valence-electron chi connectivity index (χ0n) is 18.1. The summed E-state index contributed by atoms with van der Waals surface area (Å²) in [4.78, 5) is 36.5. The third kappa shape index (κ3) is 5.28. The summed E-state index contributed by atoms with van der Waals surface area (Å²) >= 11 is 0. The van der Waals surface area contributed by atoms with E-state index in [1.54, 1.807) is 19.9 Å². The quantitative estimate of drug-likeness (QED) is 0.583. The van der Waals surface area contributed by atoms with Crippen molar-refractivity contribution in [2.24, 2.45) is 0 Å². The van der Waals surface area contributed by atoms with E-state index in [-0.39, 0.29) is 41.5 Å². The Bertz CT molecular complexity index is 1040. The van der Waals surface area contributed by atoms with Crippen LogP contribution in [-0.4, -0.2) is 63.5 Å². The number of ether oxygens (including phenoxy) is 2. The normalized spacial score (nSPS) is 17.4. The maximum atomic E-state index is 13.0. The van der Waals surface area contributed by atoms with Crippen LogP contribution in [0.5, 0.6) is 0 Å². The molecular formula is C21H27N3O7S. The molecule has 0 aliphatic carbocycles. The van der Waals surface area contributed by atoms with E-state index >= 15 is 0 Å². The van der Waals surface area contributed by atoms with Crippen molar-refractivity contribution in [3.05, 3.63) is 40.6 Å². The van der Waals surface area contributed by atoms with Crippen molar-refractivity contribution in [1.82, 2.24) is 14.9 Å². The fourth-order valence-electron chi connectivity index (χ4n) is 3.52. The van der Waals surface area contributed by atoms with E-state index in [0.29, 0.717) is 18.7 Å². The minimum Gasteiger partial charge on any atom is -0.463 e. The predicted molar refractivity (Wildman–Crippen MR) is 114 cm³/mol. The number of hydrogen-bond acceptors (Lipinski definition) is 7. The van der Waals surface area contributed by atoms with Crippen molar-refractivity contribution < 1.29 is 32.3 Å². The first kappa shape index (κ1) is 23.7.